The monoisotopic (exact) mass is 215 g/mol. The lowest BCUT2D eigenvalue weighted by atomic mass is 10.0. The van der Waals surface area contributed by atoms with Gasteiger partial charge in [-0.1, -0.05) is 0 Å². The Balaban J connectivity index is 2.00. The molecule has 1 heterocycles. The normalized spacial score (nSPS) is 23.0. The number of rotatable bonds is 6. The van der Waals surface area contributed by atoms with Crippen molar-refractivity contribution in [1.82, 2.24) is 5.32 Å². The van der Waals surface area contributed by atoms with Crippen LogP contribution in [0.2, 0.25) is 0 Å². The van der Waals surface area contributed by atoms with Crippen molar-refractivity contribution < 1.29 is 9.47 Å². The molecule has 0 amide bonds. The average Bonchev–Trinajstić information content (AvgIpc) is 2.26. The zero-order valence-electron chi connectivity index (χ0n) is 10.3. The molecule has 0 aliphatic carbocycles. The second-order valence-corrected chi connectivity index (χ2v) is 5.00. The van der Waals surface area contributed by atoms with E-state index >= 15 is 0 Å². The SMILES string of the molecule is COC(C)(C)CCNCC1CCCOC1. The Bertz CT molecular complexity index is 165. The van der Waals surface area contributed by atoms with Gasteiger partial charge in [-0.25, -0.2) is 0 Å². The molecular formula is C12H25NO2. The third kappa shape index (κ3) is 5.50. The first-order valence-electron chi connectivity index (χ1n) is 5.98. The molecular weight excluding hydrogens is 190 g/mol. The van der Waals surface area contributed by atoms with Crippen molar-refractivity contribution in [3.8, 4) is 0 Å². The fraction of sp³-hybridized carbons (Fsp3) is 1.00. The molecule has 0 saturated carbocycles. The Kier molecular flexibility index (Phi) is 5.58. The van der Waals surface area contributed by atoms with Gasteiger partial charge in [-0.2, -0.15) is 0 Å². The van der Waals surface area contributed by atoms with E-state index < -0.39 is 0 Å². The minimum atomic E-state index is -0.00390. The number of methoxy groups -OCH3 is 1. The maximum Gasteiger partial charge on any atom is 0.0634 e. The minimum absolute atomic E-state index is 0.00390. The molecule has 1 saturated heterocycles. The Morgan fingerprint density at radius 2 is 2.27 bits per heavy atom. The van der Waals surface area contributed by atoms with Crippen LogP contribution in [0.5, 0.6) is 0 Å². The maximum absolute atomic E-state index is 5.44. The number of nitrogens with one attached hydrogen (secondary N) is 1. The van der Waals surface area contributed by atoms with E-state index in [4.69, 9.17) is 9.47 Å². The summed E-state index contributed by atoms with van der Waals surface area (Å²) in [5.74, 6) is 0.712. The van der Waals surface area contributed by atoms with Crippen molar-refractivity contribution >= 4 is 0 Å². The van der Waals surface area contributed by atoms with Gasteiger partial charge in [0.1, 0.15) is 0 Å². The van der Waals surface area contributed by atoms with Crippen molar-refractivity contribution in [1.29, 1.82) is 0 Å². The summed E-state index contributed by atoms with van der Waals surface area (Å²) in [7, 11) is 1.77. The van der Waals surface area contributed by atoms with Crippen LogP contribution in [0.3, 0.4) is 0 Å². The quantitative estimate of drug-likeness (QED) is 0.686. The van der Waals surface area contributed by atoms with Gasteiger partial charge in [0.05, 0.1) is 12.2 Å². The van der Waals surface area contributed by atoms with Crippen molar-refractivity contribution in [3.05, 3.63) is 0 Å². The van der Waals surface area contributed by atoms with E-state index in [2.05, 4.69) is 19.2 Å². The fourth-order valence-corrected chi connectivity index (χ4v) is 1.77. The van der Waals surface area contributed by atoms with Crippen LogP contribution in [0.25, 0.3) is 0 Å². The summed E-state index contributed by atoms with van der Waals surface area (Å²) in [5, 5.41) is 3.49. The molecule has 0 aromatic heterocycles. The summed E-state index contributed by atoms with van der Waals surface area (Å²) in [6.07, 6.45) is 3.58. The first-order valence-corrected chi connectivity index (χ1v) is 5.98. The van der Waals surface area contributed by atoms with Gasteiger partial charge < -0.3 is 14.8 Å². The Morgan fingerprint density at radius 1 is 1.47 bits per heavy atom. The molecule has 1 rings (SSSR count). The summed E-state index contributed by atoms with van der Waals surface area (Å²) in [4.78, 5) is 0. The zero-order valence-corrected chi connectivity index (χ0v) is 10.3. The molecule has 1 aliphatic rings. The molecule has 15 heavy (non-hydrogen) atoms. The van der Waals surface area contributed by atoms with E-state index in [1.54, 1.807) is 7.11 Å². The Labute approximate surface area is 93.5 Å². The molecule has 1 aliphatic heterocycles. The van der Waals surface area contributed by atoms with Gasteiger partial charge in [0.2, 0.25) is 0 Å². The summed E-state index contributed by atoms with van der Waals surface area (Å²) in [6, 6.07) is 0. The predicted molar refractivity (Wildman–Crippen MR) is 62.1 cm³/mol. The lowest BCUT2D eigenvalue weighted by molar-refractivity contribution is 0.0146. The van der Waals surface area contributed by atoms with Crippen LogP contribution in [0.1, 0.15) is 33.1 Å². The second-order valence-electron chi connectivity index (χ2n) is 5.00. The van der Waals surface area contributed by atoms with Crippen molar-refractivity contribution in [2.75, 3.05) is 33.4 Å². The van der Waals surface area contributed by atoms with Gasteiger partial charge in [0.25, 0.3) is 0 Å². The fourth-order valence-electron chi connectivity index (χ4n) is 1.77. The van der Waals surface area contributed by atoms with Gasteiger partial charge in [-0.05, 0) is 45.6 Å². The molecule has 1 unspecified atom stereocenters. The van der Waals surface area contributed by atoms with Crippen molar-refractivity contribution in [2.24, 2.45) is 5.92 Å². The highest BCUT2D eigenvalue weighted by molar-refractivity contribution is 4.71. The molecule has 0 radical (unpaired) electrons. The largest absolute Gasteiger partial charge is 0.381 e. The second kappa shape index (κ2) is 6.46. The number of hydrogen-bond acceptors (Lipinski definition) is 3. The molecule has 3 heteroatoms. The van der Waals surface area contributed by atoms with E-state index in [1.807, 2.05) is 0 Å². The van der Waals surface area contributed by atoms with Crippen LogP contribution in [-0.4, -0.2) is 39.0 Å². The average molecular weight is 215 g/mol. The topological polar surface area (TPSA) is 30.5 Å². The Hall–Kier alpha value is -0.120. The number of hydrogen-bond donors (Lipinski definition) is 1. The molecule has 0 aromatic carbocycles. The predicted octanol–water partition coefficient (Wildman–Crippen LogP) is 1.82. The third-order valence-corrected chi connectivity index (χ3v) is 3.14. The van der Waals surface area contributed by atoms with E-state index in [1.165, 1.54) is 12.8 Å². The molecule has 1 N–H and O–H groups in total. The van der Waals surface area contributed by atoms with E-state index in [9.17, 15) is 0 Å². The molecule has 3 nitrogen and oxygen atoms in total. The van der Waals surface area contributed by atoms with Crippen LogP contribution < -0.4 is 5.32 Å². The third-order valence-electron chi connectivity index (χ3n) is 3.14. The highest BCUT2D eigenvalue weighted by Crippen LogP contribution is 2.13. The summed E-state index contributed by atoms with van der Waals surface area (Å²) in [5.41, 5.74) is -0.00390. The summed E-state index contributed by atoms with van der Waals surface area (Å²) < 4.78 is 10.8. The van der Waals surface area contributed by atoms with Crippen LogP contribution in [0.15, 0.2) is 0 Å². The first kappa shape index (κ1) is 12.9. The van der Waals surface area contributed by atoms with Gasteiger partial charge in [0.15, 0.2) is 0 Å². The van der Waals surface area contributed by atoms with E-state index in [0.717, 1.165) is 32.7 Å². The Morgan fingerprint density at radius 3 is 2.87 bits per heavy atom. The van der Waals surface area contributed by atoms with Gasteiger partial charge in [0, 0.05) is 20.3 Å². The van der Waals surface area contributed by atoms with Gasteiger partial charge in [-0.3, -0.25) is 0 Å². The van der Waals surface area contributed by atoms with Crippen LogP contribution >= 0.6 is 0 Å². The molecule has 0 spiro atoms. The molecule has 90 valence electrons. The molecule has 0 aromatic rings. The van der Waals surface area contributed by atoms with Crippen LogP contribution in [0.4, 0.5) is 0 Å². The van der Waals surface area contributed by atoms with Crippen LogP contribution in [-0.2, 0) is 9.47 Å². The minimum Gasteiger partial charge on any atom is -0.381 e. The molecule has 1 atom stereocenters. The smallest absolute Gasteiger partial charge is 0.0634 e. The van der Waals surface area contributed by atoms with Crippen molar-refractivity contribution in [2.45, 2.75) is 38.7 Å². The molecule has 1 fully saturated rings. The molecule has 0 bridgehead atoms. The lowest BCUT2D eigenvalue weighted by Crippen LogP contribution is -2.33. The maximum atomic E-state index is 5.44. The van der Waals surface area contributed by atoms with E-state index in [0.29, 0.717) is 5.92 Å². The zero-order chi connectivity index (χ0) is 11.1. The standard InChI is InChI=1S/C12H25NO2/c1-12(2,14-3)6-7-13-9-11-5-4-8-15-10-11/h11,13H,4-10H2,1-3H3. The summed E-state index contributed by atoms with van der Waals surface area (Å²) in [6.45, 7) is 8.24. The first-order chi connectivity index (χ1) is 7.14. The lowest BCUT2D eigenvalue weighted by Gasteiger charge is -2.25. The van der Waals surface area contributed by atoms with Gasteiger partial charge >= 0.3 is 0 Å². The van der Waals surface area contributed by atoms with Crippen LogP contribution in [0, 0.1) is 5.92 Å². The van der Waals surface area contributed by atoms with Gasteiger partial charge in [-0.15, -0.1) is 0 Å². The van der Waals surface area contributed by atoms with E-state index in [-0.39, 0.29) is 5.60 Å². The highest BCUT2D eigenvalue weighted by atomic mass is 16.5. The number of ether oxygens (including phenoxy) is 2. The highest BCUT2D eigenvalue weighted by Gasteiger charge is 2.16. The van der Waals surface area contributed by atoms with Crippen molar-refractivity contribution in [3.63, 3.8) is 0 Å². The summed E-state index contributed by atoms with van der Waals surface area (Å²) >= 11 is 0.